The van der Waals surface area contributed by atoms with Crippen LogP contribution in [-0.4, -0.2) is 24.3 Å². The Labute approximate surface area is 57.8 Å². The van der Waals surface area contributed by atoms with Crippen LogP contribution in [0.25, 0.3) is 0 Å². The highest BCUT2D eigenvalue weighted by Gasteiger charge is 1.93. The Hall–Kier alpha value is -0.420. The van der Waals surface area contributed by atoms with E-state index in [0.29, 0.717) is 12.4 Å². The molecule has 0 spiro atoms. The van der Waals surface area contributed by atoms with E-state index in [-0.39, 0.29) is 0 Å². The fourth-order valence-electron chi connectivity index (χ4n) is 0.265. The van der Waals surface area contributed by atoms with Crippen molar-refractivity contribution in [2.45, 2.75) is 0 Å². The summed E-state index contributed by atoms with van der Waals surface area (Å²) in [6, 6.07) is 0. The summed E-state index contributed by atoms with van der Waals surface area (Å²) in [5.74, 6) is 1.12. The largest absolute Gasteiger partial charge is 0.451 e. The molecule has 3 N–H and O–H groups in total. The van der Waals surface area contributed by atoms with Crippen LogP contribution < -0.4 is 11.1 Å². The zero-order valence-electron chi connectivity index (χ0n) is 4.92. The third-order valence-corrected chi connectivity index (χ3v) is 1.45. The van der Waals surface area contributed by atoms with Crippen molar-refractivity contribution >= 4 is 17.9 Å². The lowest BCUT2D eigenvalue weighted by atomic mass is 10.8. The van der Waals surface area contributed by atoms with Crippen molar-refractivity contribution in [1.82, 2.24) is 5.32 Å². The van der Waals surface area contributed by atoms with E-state index in [2.05, 4.69) is 5.32 Å². The Balaban J connectivity index is 2.83. The smallest absolute Gasteiger partial charge is 0.330 e. The van der Waals surface area contributed by atoms with Crippen LogP contribution in [0.15, 0.2) is 0 Å². The lowest BCUT2D eigenvalue weighted by Crippen LogP contribution is -2.19. The Morgan fingerprint density at radius 1 is 1.67 bits per heavy atom. The second kappa shape index (κ2) is 5.71. The molecule has 0 aliphatic carbocycles. The number of amides is 1. The fraction of sp³-hybridized carbons (Fsp3) is 0.750. The number of hydrogen-bond donors (Lipinski definition) is 2. The van der Waals surface area contributed by atoms with Crippen LogP contribution in [-0.2, 0) is 5.11 Å². The molecular formula is C4H9N2O2S. The molecule has 0 rings (SSSR count). The molecular weight excluding hydrogens is 140 g/mol. The number of nitrogens with one attached hydrogen (secondary N) is 1. The van der Waals surface area contributed by atoms with E-state index in [9.17, 15) is 9.90 Å². The molecule has 1 radical (unpaired) electrons. The minimum Gasteiger partial charge on any atom is -0.330 e. The van der Waals surface area contributed by atoms with E-state index >= 15 is 0 Å². The van der Waals surface area contributed by atoms with Gasteiger partial charge in [-0.1, -0.05) is 0 Å². The van der Waals surface area contributed by atoms with Crippen LogP contribution in [0.3, 0.4) is 0 Å². The van der Waals surface area contributed by atoms with Gasteiger partial charge < -0.3 is 11.1 Å². The summed E-state index contributed by atoms with van der Waals surface area (Å²) in [7, 11) is 0. The summed E-state index contributed by atoms with van der Waals surface area (Å²) in [5, 5.41) is 11.8. The molecule has 0 saturated heterocycles. The lowest BCUT2D eigenvalue weighted by Gasteiger charge is -1.95. The first-order valence-electron chi connectivity index (χ1n) is 2.50. The monoisotopic (exact) mass is 149 g/mol. The van der Waals surface area contributed by atoms with Gasteiger partial charge in [-0.25, -0.2) is 9.90 Å². The molecule has 0 aliphatic heterocycles. The summed E-state index contributed by atoms with van der Waals surface area (Å²) in [6.45, 7) is 0.569. The van der Waals surface area contributed by atoms with Gasteiger partial charge >= 0.3 is 6.09 Å². The molecule has 0 atom stereocenters. The van der Waals surface area contributed by atoms with Crippen LogP contribution in [0, 0.1) is 0 Å². The molecule has 0 aliphatic rings. The maximum Gasteiger partial charge on any atom is 0.451 e. The standard InChI is InChI=1S/C4H9N2O2S/c5-1-2-9-3-6-4(7)8/h6H,1-3,5H2. The topological polar surface area (TPSA) is 75.0 Å². The van der Waals surface area contributed by atoms with Crippen LogP contribution in [0.4, 0.5) is 4.79 Å². The third kappa shape index (κ3) is 7.58. The number of carbonyl (C=O) groups is 1. The average Bonchev–Trinajstić information content (AvgIpc) is 1.80. The van der Waals surface area contributed by atoms with Crippen LogP contribution in [0.2, 0.25) is 0 Å². The predicted octanol–water partition coefficient (Wildman–Crippen LogP) is -0.224. The van der Waals surface area contributed by atoms with Crippen molar-refractivity contribution in [3.05, 3.63) is 0 Å². The Morgan fingerprint density at radius 2 is 2.33 bits per heavy atom. The number of hydrogen-bond acceptors (Lipinski definition) is 3. The quantitative estimate of drug-likeness (QED) is 0.428. The fourth-order valence-corrected chi connectivity index (χ4v) is 0.796. The summed E-state index contributed by atoms with van der Waals surface area (Å²) in [6.07, 6.45) is -1.24. The third-order valence-electron chi connectivity index (χ3n) is 0.581. The van der Waals surface area contributed by atoms with E-state index in [0.717, 1.165) is 5.75 Å². The van der Waals surface area contributed by atoms with Crippen molar-refractivity contribution < 1.29 is 9.90 Å². The number of nitrogens with two attached hydrogens (primary N) is 1. The molecule has 0 bridgehead atoms. The first-order chi connectivity index (χ1) is 4.27. The molecule has 5 heteroatoms. The second-order valence-corrected chi connectivity index (χ2v) is 2.41. The molecule has 53 valence electrons. The number of carbonyl (C=O) groups excluding carboxylic acids is 1. The van der Waals surface area contributed by atoms with E-state index in [4.69, 9.17) is 5.73 Å². The summed E-state index contributed by atoms with van der Waals surface area (Å²) in [4.78, 5) is 9.70. The SMILES string of the molecule is NCCSCNC([O])=O. The van der Waals surface area contributed by atoms with E-state index < -0.39 is 6.09 Å². The van der Waals surface area contributed by atoms with Crippen LogP contribution >= 0.6 is 11.8 Å². The normalized spacial score (nSPS) is 9.00. The first kappa shape index (κ1) is 8.58. The zero-order chi connectivity index (χ0) is 7.11. The van der Waals surface area contributed by atoms with Crippen molar-refractivity contribution in [2.24, 2.45) is 5.73 Å². The van der Waals surface area contributed by atoms with Gasteiger partial charge in [0.1, 0.15) is 0 Å². The van der Waals surface area contributed by atoms with Crippen molar-refractivity contribution in [3.63, 3.8) is 0 Å². The van der Waals surface area contributed by atoms with Gasteiger partial charge in [-0.2, -0.15) is 0 Å². The molecule has 0 aromatic carbocycles. The Bertz CT molecular complexity index is 88.6. The van der Waals surface area contributed by atoms with Crippen molar-refractivity contribution in [1.29, 1.82) is 0 Å². The average molecular weight is 149 g/mol. The summed E-state index contributed by atoms with van der Waals surface area (Å²) < 4.78 is 0. The van der Waals surface area contributed by atoms with Gasteiger partial charge in [0.2, 0.25) is 0 Å². The highest BCUT2D eigenvalue weighted by Crippen LogP contribution is 1.92. The molecule has 1 amide bonds. The molecule has 0 heterocycles. The van der Waals surface area contributed by atoms with Gasteiger partial charge in [0.15, 0.2) is 0 Å². The van der Waals surface area contributed by atoms with Crippen molar-refractivity contribution in [3.8, 4) is 0 Å². The Morgan fingerprint density at radius 3 is 2.78 bits per heavy atom. The van der Waals surface area contributed by atoms with E-state index in [1.165, 1.54) is 11.8 Å². The van der Waals surface area contributed by atoms with Gasteiger partial charge in [-0.3, -0.25) is 0 Å². The highest BCUT2D eigenvalue weighted by atomic mass is 32.2. The summed E-state index contributed by atoms with van der Waals surface area (Å²) in [5.41, 5.74) is 5.13. The highest BCUT2D eigenvalue weighted by molar-refractivity contribution is 7.99. The number of thioether (sulfide) groups is 1. The van der Waals surface area contributed by atoms with Gasteiger partial charge in [-0.05, 0) is 0 Å². The maximum absolute atomic E-state index is 9.70. The maximum atomic E-state index is 9.70. The second-order valence-electron chi connectivity index (χ2n) is 1.31. The molecule has 0 fully saturated rings. The molecule has 4 nitrogen and oxygen atoms in total. The van der Waals surface area contributed by atoms with Gasteiger partial charge in [-0.15, -0.1) is 11.8 Å². The van der Waals surface area contributed by atoms with E-state index in [1.807, 2.05) is 0 Å². The predicted molar refractivity (Wildman–Crippen MR) is 35.6 cm³/mol. The van der Waals surface area contributed by atoms with E-state index in [1.54, 1.807) is 0 Å². The zero-order valence-corrected chi connectivity index (χ0v) is 5.74. The molecule has 0 saturated carbocycles. The van der Waals surface area contributed by atoms with Crippen LogP contribution in [0.1, 0.15) is 0 Å². The Kier molecular flexibility index (Phi) is 5.45. The summed E-state index contributed by atoms with van der Waals surface area (Å²) >= 11 is 1.42. The van der Waals surface area contributed by atoms with Crippen molar-refractivity contribution in [2.75, 3.05) is 18.2 Å². The van der Waals surface area contributed by atoms with Gasteiger partial charge in [0, 0.05) is 12.3 Å². The minimum atomic E-state index is -1.24. The van der Waals surface area contributed by atoms with Gasteiger partial charge in [0.25, 0.3) is 0 Å². The number of rotatable bonds is 4. The first-order valence-corrected chi connectivity index (χ1v) is 3.65. The van der Waals surface area contributed by atoms with Gasteiger partial charge in [0.05, 0.1) is 5.88 Å². The lowest BCUT2D eigenvalue weighted by molar-refractivity contribution is 0.170. The molecule has 0 unspecified atom stereocenters. The molecule has 0 aromatic rings. The van der Waals surface area contributed by atoms with Crippen LogP contribution in [0.5, 0.6) is 0 Å². The molecule has 0 aromatic heterocycles. The minimum absolute atomic E-state index is 0.361. The molecule has 9 heavy (non-hydrogen) atoms.